The Balaban J connectivity index is 1.38. The van der Waals surface area contributed by atoms with Crippen molar-refractivity contribution in [3.63, 3.8) is 0 Å². The molecule has 4 rings (SSSR count). The zero-order chi connectivity index (χ0) is 18.8. The number of piperidine rings is 1. The SMILES string of the molecule is CCn1nccc1C(=O)N1CCC(c2nnc(CN3CCCC3)n2C)CC1. The lowest BCUT2D eigenvalue weighted by atomic mass is 9.95. The first-order chi connectivity index (χ1) is 13.2. The summed E-state index contributed by atoms with van der Waals surface area (Å²) in [5, 5.41) is 13.2. The highest BCUT2D eigenvalue weighted by molar-refractivity contribution is 5.92. The van der Waals surface area contributed by atoms with E-state index in [1.165, 1.54) is 12.8 Å². The number of carbonyl (C=O) groups is 1. The molecule has 1 amide bonds. The Bertz CT molecular complexity index is 782. The lowest BCUT2D eigenvalue weighted by molar-refractivity contribution is 0.0698. The lowest BCUT2D eigenvalue weighted by Gasteiger charge is -2.31. The molecule has 0 aliphatic carbocycles. The van der Waals surface area contributed by atoms with Gasteiger partial charge in [-0.1, -0.05) is 0 Å². The predicted molar refractivity (Wildman–Crippen MR) is 101 cm³/mol. The highest BCUT2D eigenvalue weighted by Crippen LogP contribution is 2.28. The summed E-state index contributed by atoms with van der Waals surface area (Å²) in [7, 11) is 2.08. The average molecular weight is 371 g/mol. The number of hydrogen-bond donors (Lipinski definition) is 0. The zero-order valence-corrected chi connectivity index (χ0v) is 16.3. The normalized spacial score (nSPS) is 19.1. The van der Waals surface area contributed by atoms with Crippen LogP contribution in [0, 0.1) is 0 Å². The second-order valence-electron chi connectivity index (χ2n) is 7.62. The molecule has 27 heavy (non-hydrogen) atoms. The van der Waals surface area contributed by atoms with Crippen LogP contribution in [-0.4, -0.2) is 66.4 Å². The molecule has 0 aromatic carbocycles. The highest BCUT2D eigenvalue weighted by atomic mass is 16.2. The van der Waals surface area contributed by atoms with E-state index < -0.39 is 0 Å². The minimum absolute atomic E-state index is 0.0838. The highest BCUT2D eigenvalue weighted by Gasteiger charge is 2.29. The maximum Gasteiger partial charge on any atom is 0.272 e. The van der Waals surface area contributed by atoms with Crippen LogP contribution >= 0.6 is 0 Å². The van der Waals surface area contributed by atoms with Crippen LogP contribution in [0.2, 0.25) is 0 Å². The van der Waals surface area contributed by atoms with E-state index in [4.69, 9.17) is 0 Å². The van der Waals surface area contributed by atoms with Crippen molar-refractivity contribution in [3.05, 3.63) is 29.6 Å². The van der Waals surface area contributed by atoms with E-state index in [1.54, 1.807) is 10.9 Å². The summed E-state index contributed by atoms with van der Waals surface area (Å²) < 4.78 is 3.94. The van der Waals surface area contributed by atoms with Gasteiger partial charge in [-0.2, -0.15) is 5.10 Å². The largest absolute Gasteiger partial charge is 0.337 e. The fourth-order valence-electron chi connectivity index (χ4n) is 4.28. The minimum atomic E-state index is 0.0838. The van der Waals surface area contributed by atoms with Gasteiger partial charge in [0.05, 0.1) is 6.54 Å². The molecule has 2 aliphatic heterocycles. The van der Waals surface area contributed by atoms with Gasteiger partial charge in [-0.15, -0.1) is 10.2 Å². The quantitative estimate of drug-likeness (QED) is 0.799. The maximum absolute atomic E-state index is 12.8. The van der Waals surface area contributed by atoms with Gasteiger partial charge in [0.1, 0.15) is 17.3 Å². The van der Waals surface area contributed by atoms with E-state index in [0.29, 0.717) is 18.2 Å². The van der Waals surface area contributed by atoms with E-state index >= 15 is 0 Å². The number of carbonyl (C=O) groups excluding carboxylic acids is 1. The standard InChI is InChI=1S/C19H29N7O/c1-3-26-16(6-9-20-26)19(27)25-12-7-15(8-13-25)18-22-21-17(23(18)2)14-24-10-4-5-11-24/h6,9,15H,3-5,7-8,10-14H2,1-2H3. The molecule has 2 aromatic rings. The summed E-state index contributed by atoms with van der Waals surface area (Å²) in [5.74, 6) is 2.57. The first-order valence-electron chi connectivity index (χ1n) is 10.1. The Morgan fingerprint density at radius 3 is 2.59 bits per heavy atom. The summed E-state index contributed by atoms with van der Waals surface area (Å²) in [5.41, 5.74) is 0.683. The Morgan fingerprint density at radius 1 is 1.15 bits per heavy atom. The van der Waals surface area contributed by atoms with Crippen LogP contribution in [0.3, 0.4) is 0 Å². The maximum atomic E-state index is 12.8. The number of aryl methyl sites for hydroxylation is 1. The predicted octanol–water partition coefficient (Wildman–Crippen LogP) is 1.65. The molecule has 146 valence electrons. The molecule has 8 heteroatoms. The average Bonchev–Trinajstić information content (AvgIpc) is 3.44. The van der Waals surface area contributed by atoms with E-state index in [1.807, 2.05) is 17.9 Å². The van der Waals surface area contributed by atoms with Crippen LogP contribution in [-0.2, 0) is 20.1 Å². The lowest BCUT2D eigenvalue weighted by Crippen LogP contribution is -2.39. The smallest absolute Gasteiger partial charge is 0.272 e. The molecule has 0 bridgehead atoms. The third kappa shape index (κ3) is 3.63. The second-order valence-corrected chi connectivity index (χ2v) is 7.62. The van der Waals surface area contributed by atoms with Crippen molar-refractivity contribution in [1.82, 2.24) is 34.3 Å². The first kappa shape index (κ1) is 18.2. The fourth-order valence-corrected chi connectivity index (χ4v) is 4.28. The van der Waals surface area contributed by atoms with Crippen LogP contribution in [0.5, 0.6) is 0 Å². The molecular weight excluding hydrogens is 342 g/mol. The van der Waals surface area contributed by atoms with Crippen LogP contribution < -0.4 is 0 Å². The van der Waals surface area contributed by atoms with Crippen molar-refractivity contribution in [2.24, 2.45) is 7.05 Å². The third-order valence-electron chi connectivity index (χ3n) is 5.94. The van der Waals surface area contributed by atoms with Crippen molar-refractivity contribution in [2.75, 3.05) is 26.2 Å². The molecule has 2 aromatic heterocycles. The molecule has 0 saturated carbocycles. The van der Waals surface area contributed by atoms with Gasteiger partial charge in [0.2, 0.25) is 0 Å². The molecule has 0 atom stereocenters. The number of hydrogen-bond acceptors (Lipinski definition) is 5. The number of amides is 1. The summed E-state index contributed by atoms with van der Waals surface area (Å²) in [6.45, 7) is 7.45. The van der Waals surface area contributed by atoms with Gasteiger partial charge in [-0.05, 0) is 51.8 Å². The fraction of sp³-hybridized carbons (Fsp3) is 0.684. The van der Waals surface area contributed by atoms with E-state index in [9.17, 15) is 4.79 Å². The number of likely N-dealkylation sites (tertiary alicyclic amines) is 2. The van der Waals surface area contributed by atoms with Gasteiger partial charge in [0.25, 0.3) is 5.91 Å². The molecule has 0 N–H and O–H groups in total. The van der Waals surface area contributed by atoms with Gasteiger partial charge >= 0.3 is 0 Å². The number of aromatic nitrogens is 5. The van der Waals surface area contributed by atoms with Crippen LogP contribution in [0.4, 0.5) is 0 Å². The Morgan fingerprint density at radius 2 is 1.89 bits per heavy atom. The summed E-state index contributed by atoms with van der Waals surface area (Å²) in [4.78, 5) is 17.2. The van der Waals surface area contributed by atoms with Crippen LogP contribution in [0.1, 0.15) is 60.7 Å². The molecule has 0 spiro atoms. The van der Waals surface area contributed by atoms with Gasteiger partial charge < -0.3 is 9.47 Å². The molecular formula is C19H29N7O. The third-order valence-corrected chi connectivity index (χ3v) is 5.94. The Hall–Kier alpha value is -2.22. The molecule has 8 nitrogen and oxygen atoms in total. The van der Waals surface area contributed by atoms with Crippen molar-refractivity contribution in [2.45, 2.75) is 51.6 Å². The second kappa shape index (κ2) is 7.80. The van der Waals surface area contributed by atoms with Gasteiger partial charge in [-0.3, -0.25) is 14.4 Å². The van der Waals surface area contributed by atoms with E-state index in [0.717, 1.165) is 57.2 Å². The van der Waals surface area contributed by atoms with Gasteiger partial charge in [0.15, 0.2) is 0 Å². The van der Waals surface area contributed by atoms with Crippen molar-refractivity contribution < 1.29 is 4.79 Å². The van der Waals surface area contributed by atoms with Crippen molar-refractivity contribution >= 4 is 5.91 Å². The van der Waals surface area contributed by atoms with Gasteiger partial charge in [-0.25, -0.2) is 0 Å². The van der Waals surface area contributed by atoms with Crippen molar-refractivity contribution in [1.29, 1.82) is 0 Å². The van der Waals surface area contributed by atoms with Crippen molar-refractivity contribution in [3.8, 4) is 0 Å². The molecule has 2 fully saturated rings. The number of rotatable bonds is 5. The van der Waals surface area contributed by atoms with E-state index in [2.05, 4.69) is 31.8 Å². The number of nitrogens with zero attached hydrogens (tertiary/aromatic N) is 7. The molecule has 0 unspecified atom stereocenters. The summed E-state index contributed by atoms with van der Waals surface area (Å²) in [6.07, 6.45) is 6.14. The van der Waals surface area contributed by atoms with Crippen LogP contribution in [0.15, 0.2) is 12.3 Å². The zero-order valence-electron chi connectivity index (χ0n) is 16.3. The van der Waals surface area contributed by atoms with E-state index in [-0.39, 0.29) is 5.91 Å². The van der Waals surface area contributed by atoms with Crippen LogP contribution in [0.25, 0.3) is 0 Å². The topological polar surface area (TPSA) is 72.1 Å². The van der Waals surface area contributed by atoms with Gasteiger partial charge in [0, 0.05) is 38.8 Å². The monoisotopic (exact) mass is 371 g/mol. The molecule has 2 saturated heterocycles. The minimum Gasteiger partial charge on any atom is -0.337 e. The Labute approximate surface area is 160 Å². The summed E-state index contributed by atoms with van der Waals surface area (Å²) in [6, 6.07) is 1.81. The first-order valence-corrected chi connectivity index (χ1v) is 10.1. The molecule has 2 aliphatic rings. The Kier molecular flexibility index (Phi) is 5.24. The molecule has 0 radical (unpaired) electrons. The summed E-state index contributed by atoms with van der Waals surface area (Å²) >= 11 is 0. The molecule has 4 heterocycles.